The van der Waals surface area contributed by atoms with Crippen LogP contribution < -0.4 is 10.6 Å². The number of carbonyl (C=O) groups excluding carboxylic acids is 2. The maximum absolute atomic E-state index is 12.1. The maximum atomic E-state index is 12.1. The summed E-state index contributed by atoms with van der Waals surface area (Å²) in [5, 5.41) is 6.20. The molecule has 0 aliphatic carbocycles. The summed E-state index contributed by atoms with van der Waals surface area (Å²) < 4.78 is 0. The predicted octanol–water partition coefficient (Wildman–Crippen LogP) is 3.30. The fourth-order valence-corrected chi connectivity index (χ4v) is 2.86. The molecule has 0 saturated carbocycles. The Morgan fingerprint density at radius 2 is 1.72 bits per heavy atom. The van der Waals surface area contributed by atoms with Gasteiger partial charge in [0.1, 0.15) is 0 Å². The second-order valence-corrected chi connectivity index (χ2v) is 6.27. The van der Waals surface area contributed by atoms with Crippen molar-refractivity contribution < 1.29 is 9.59 Å². The van der Waals surface area contributed by atoms with Crippen LogP contribution in [0.4, 0.5) is 0 Å². The monoisotopic (exact) mass is 358 g/mol. The summed E-state index contributed by atoms with van der Waals surface area (Å²) in [5.74, 6) is -0.0807. The third-order valence-corrected chi connectivity index (χ3v) is 4.34. The highest BCUT2D eigenvalue weighted by atomic mass is 35.5. The number of rotatable bonds is 6. The Morgan fingerprint density at radius 1 is 1.00 bits per heavy atom. The highest BCUT2D eigenvalue weighted by molar-refractivity contribution is 5.97. The Morgan fingerprint density at radius 3 is 2.48 bits per heavy atom. The molecule has 0 unspecified atom stereocenters. The van der Waals surface area contributed by atoms with E-state index in [-0.39, 0.29) is 36.9 Å². The first-order valence-electron chi connectivity index (χ1n) is 8.30. The van der Waals surface area contributed by atoms with Gasteiger partial charge in [0.05, 0.1) is 0 Å². The van der Waals surface area contributed by atoms with Gasteiger partial charge in [-0.15, -0.1) is 12.4 Å². The van der Waals surface area contributed by atoms with Gasteiger partial charge in [0.15, 0.2) is 5.78 Å². The van der Waals surface area contributed by atoms with Gasteiger partial charge in [-0.1, -0.05) is 48.0 Å². The normalized spacial score (nSPS) is 12.2. The number of aryl methyl sites for hydroxylation is 1. The van der Waals surface area contributed by atoms with Crippen molar-refractivity contribution in [3.05, 3.63) is 70.3 Å². The van der Waals surface area contributed by atoms with Crippen molar-refractivity contribution in [1.29, 1.82) is 0 Å². The largest absolute Gasteiger partial charge is 0.352 e. The summed E-state index contributed by atoms with van der Waals surface area (Å²) in [6.45, 7) is 4.30. The van der Waals surface area contributed by atoms with Gasteiger partial charge in [-0.3, -0.25) is 9.59 Å². The van der Waals surface area contributed by atoms with Crippen molar-refractivity contribution in [2.24, 2.45) is 0 Å². The van der Waals surface area contributed by atoms with Crippen LogP contribution in [0, 0.1) is 6.92 Å². The van der Waals surface area contributed by atoms with Gasteiger partial charge < -0.3 is 10.6 Å². The minimum atomic E-state index is -0.0888. The van der Waals surface area contributed by atoms with E-state index in [0.717, 1.165) is 24.2 Å². The zero-order chi connectivity index (χ0) is 16.9. The number of hydrogen-bond acceptors (Lipinski definition) is 3. The number of benzene rings is 2. The molecule has 3 rings (SSSR count). The van der Waals surface area contributed by atoms with Gasteiger partial charge >= 0.3 is 0 Å². The number of fused-ring (bicyclic) bond motifs is 1. The molecule has 25 heavy (non-hydrogen) atoms. The number of nitrogens with one attached hydrogen (secondary N) is 2. The minimum Gasteiger partial charge on any atom is -0.352 e. The molecule has 0 radical (unpaired) electrons. The number of amides is 1. The van der Waals surface area contributed by atoms with E-state index in [1.165, 1.54) is 11.1 Å². The fourth-order valence-electron chi connectivity index (χ4n) is 2.86. The lowest BCUT2D eigenvalue weighted by Crippen LogP contribution is -2.23. The number of hydrogen-bond donors (Lipinski definition) is 2. The van der Waals surface area contributed by atoms with Crippen molar-refractivity contribution in [3.63, 3.8) is 0 Å². The van der Waals surface area contributed by atoms with Crippen LogP contribution in [0.15, 0.2) is 42.5 Å². The zero-order valence-electron chi connectivity index (χ0n) is 14.3. The molecule has 2 aromatic carbocycles. The van der Waals surface area contributed by atoms with E-state index in [1.54, 1.807) is 0 Å². The summed E-state index contributed by atoms with van der Waals surface area (Å²) in [7, 11) is 0. The van der Waals surface area contributed by atoms with Crippen LogP contribution in [-0.2, 0) is 24.4 Å². The average molecular weight is 359 g/mol. The molecule has 1 amide bonds. The summed E-state index contributed by atoms with van der Waals surface area (Å²) in [5.41, 5.74) is 5.51. The molecule has 0 fully saturated rings. The Hall–Kier alpha value is -2.17. The fraction of sp³-hybridized carbons (Fsp3) is 0.300. The lowest BCUT2D eigenvalue weighted by molar-refractivity contribution is -0.121. The molecule has 0 bridgehead atoms. The lowest BCUT2D eigenvalue weighted by atomic mass is 10.0. The average Bonchev–Trinajstić information content (AvgIpc) is 3.06. The first-order valence-corrected chi connectivity index (χ1v) is 8.30. The van der Waals surface area contributed by atoms with Gasteiger partial charge in [0.2, 0.25) is 5.91 Å². The van der Waals surface area contributed by atoms with Crippen LogP contribution in [0.5, 0.6) is 0 Å². The van der Waals surface area contributed by atoms with Gasteiger partial charge in [-0.05, 0) is 23.6 Å². The number of ketones is 1. The van der Waals surface area contributed by atoms with E-state index in [2.05, 4.69) is 22.8 Å². The van der Waals surface area contributed by atoms with Gasteiger partial charge in [0, 0.05) is 38.0 Å². The van der Waals surface area contributed by atoms with E-state index >= 15 is 0 Å². The predicted molar refractivity (Wildman–Crippen MR) is 101 cm³/mol. The lowest BCUT2D eigenvalue weighted by Gasteiger charge is -2.07. The molecular weight excluding hydrogens is 336 g/mol. The third-order valence-electron chi connectivity index (χ3n) is 4.34. The highest BCUT2D eigenvalue weighted by Crippen LogP contribution is 2.17. The topological polar surface area (TPSA) is 58.2 Å². The second kappa shape index (κ2) is 8.79. The van der Waals surface area contributed by atoms with Crippen LogP contribution in [0.25, 0.3) is 0 Å². The molecule has 2 N–H and O–H groups in total. The Kier molecular flexibility index (Phi) is 6.73. The van der Waals surface area contributed by atoms with Gasteiger partial charge in [-0.2, -0.15) is 0 Å². The first kappa shape index (κ1) is 19.2. The molecule has 1 heterocycles. The van der Waals surface area contributed by atoms with Crippen molar-refractivity contribution in [3.8, 4) is 0 Å². The summed E-state index contributed by atoms with van der Waals surface area (Å²) >= 11 is 0. The van der Waals surface area contributed by atoms with Crippen molar-refractivity contribution in [2.45, 2.75) is 39.4 Å². The van der Waals surface area contributed by atoms with E-state index in [4.69, 9.17) is 0 Å². The van der Waals surface area contributed by atoms with E-state index < -0.39 is 0 Å². The standard InChI is InChI=1S/C20H22N2O2.ClH/c1-14-2-5-16(6-3-14)19(23)8-9-20(24)22-11-15-4-7-17-12-21-13-18(17)10-15;/h2-7,10,21H,8-9,11-13H2,1H3,(H,22,24);1H. The van der Waals surface area contributed by atoms with Gasteiger partial charge in [-0.25, -0.2) is 0 Å². The van der Waals surface area contributed by atoms with Crippen LogP contribution >= 0.6 is 12.4 Å². The zero-order valence-corrected chi connectivity index (χ0v) is 15.1. The van der Waals surface area contributed by atoms with E-state index in [0.29, 0.717) is 12.1 Å². The molecule has 0 atom stereocenters. The molecule has 2 aromatic rings. The second-order valence-electron chi connectivity index (χ2n) is 6.27. The molecule has 0 aromatic heterocycles. The Bertz CT molecular complexity index is 757. The van der Waals surface area contributed by atoms with E-state index in [9.17, 15) is 9.59 Å². The van der Waals surface area contributed by atoms with Crippen LogP contribution in [0.2, 0.25) is 0 Å². The number of carbonyl (C=O) groups is 2. The number of Topliss-reactive ketones (excluding diaryl/α,β-unsaturated/α-hetero) is 1. The van der Waals surface area contributed by atoms with Gasteiger partial charge in [0.25, 0.3) is 0 Å². The smallest absolute Gasteiger partial charge is 0.220 e. The minimum absolute atomic E-state index is 0. The molecule has 132 valence electrons. The highest BCUT2D eigenvalue weighted by Gasteiger charge is 2.11. The van der Waals surface area contributed by atoms with E-state index in [1.807, 2.05) is 37.3 Å². The molecule has 4 nitrogen and oxygen atoms in total. The molecule has 1 aliphatic rings. The maximum Gasteiger partial charge on any atom is 0.220 e. The third kappa shape index (κ3) is 5.15. The molecule has 1 aliphatic heterocycles. The Balaban J connectivity index is 0.00000225. The molecular formula is C20H23ClN2O2. The van der Waals surface area contributed by atoms with Crippen LogP contribution in [0.1, 0.15) is 45.5 Å². The summed E-state index contributed by atoms with van der Waals surface area (Å²) in [6, 6.07) is 13.7. The van der Waals surface area contributed by atoms with Crippen LogP contribution in [0.3, 0.4) is 0 Å². The van der Waals surface area contributed by atoms with Crippen molar-refractivity contribution >= 4 is 24.1 Å². The first-order chi connectivity index (χ1) is 11.6. The molecule has 0 saturated heterocycles. The summed E-state index contributed by atoms with van der Waals surface area (Å²) in [4.78, 5) is 24.0. The Labute approximate surface area is 154 Å². The molecule has 0 spiro atoms. The quantitative estimate of drug-likeness (QED) is 0.779. The molecule has 5 heteroatoms. The number of halogens is 1. The SMILES string of the molecule is Cc1ccc(C(=O)CCC(=O)NCc2ccc3c(c2)CNC3)cc1.Cl. The summed E-state index contributed by atoms with van der Waals surface area (Å²) in [6.07, 6.45) is 0.461. The van der Waals surface area contributed by atoms with Crippen molar-refractivity contribution in [2.75, 3.05) is 0 Å². The van der Waals surface area contributed by atoms with Crippen molar-refractivity contribution in [1.82, 2.24) is 10.6 Å². The van der Waals surface area contributed by atoms with Crippen LogP contribution in [-0.4, -0.2) is 11.7 Å².